The Kier molecular flexibility index (Phi) is 2.77. The van der Waals surface area contributed by atoms with Crippen LogP contribution in [0, 0.1) is 0 Å². The largest absolute Gasteiger partial charge is 0.353 e. The van der Waals surface area contributed by atoms with E-state index < -0.39 is 0 Å². The molecule has 0 radical (unpaired) electrons. The molecule has 0 saturated carbocycles. The standard InChI is InChI=1S/C12H12N4O2/c17-10-7-13-9(6-14-10)12-15-11(16-18-12)8-4-2-1-3-5-8/h1-5,9,13H,6-7H2,(H,14,17). The molecule has 1 amide bonds. The number of piperazine rings is 1. The highest BCUT2D eigenvalue weighted by Crippen LogP contribution is 2.18. The quantitative estimate of drug-likeness (QED) is 0.804. The number of nitrogens with zero attached hydrogens (tertiary/aromatic N) is 2. The fourth-order valence-electron chi connectivity index (χ4n) is 1.82. The summed E-state index contributed by atoms with van der Waals surface area (Å²) in [5.41, 5.74) is 0.910. The molecule has 2 heterocycles. The van der Waals surface area contributed by atoms with E-state index in [1.165, 1.54) is 0 Å². The smallest absolute Gasteiger partial charge is 0.245 e. The first kappa shape index (κ1) is 10.9. The molecule has 0 spiro atoms. The lowest BCUT2D eigenvalue weighted by Crippen LogP contribution is -2.47. The van der Waals surface area contributed by atoms with Crippen molar-refractivity contribution in [3.8, 4) is 11.4 Å². The van der Waals surface area contributed by atoms with Gasteiger partial charge in [-0.2, -0.15) is 4.98 Å². The summed E-state index contributed by atoms with van der Waals surface area (Å²) < 4.78 is 5.22. The first-order valence-corrected chi connectivity index (χ1v) is 5.72. The Morgan fingerprint density at radius 3 is 2.83 bits per heavy atom. The zero-order valence-electron chi connectivity index (χ0n) is 9.59. The minimum Gasteiger partial charge on any atom is -0.353 e. The summed E-state index contributed by atoms with van der Waals surface area (Å²) in [6.45, 7) is 0.739. The summed E-state index contributed by atoms with van der Waals surface area (Å²) in [4.78, 5) is 15.4. The minimum atomic E-state index is -0.118. The Morgan fingerprint density at radius 1 is 1.28 bits per heavy atom. The van der Waals surface area contributed by atoms with Gasteiger partial charge in [-0.1, -0.05) is 35.5 Å². The van der Waals surface area contributed by atoms with Crippen LogP contribution in [0.1, 0.15) is 11.9 Å². The van der Waals surface area contributed by atoms with Gasteiger partial charge in [0.05, 0.1) is 6.54 Å². The molecule has 1 atom stereocenters. The predicted octanol–water partition coefficient (Wildman–Crippen LogP) is 0.497. The van der Waals surface area contributed by atoms with Crippen LogP contribution in [0.2, 0.25) is 0 Å². The van der Waals surface area contributed by atoms with Crippen LogP contribution in [-0.2, 0) is 4.79 Å². The van der Waals surface area contributed by atoms with Crippen LogP contribution in [0.3, 0.4) is 0 Å². The highest BCUT2D eigenvalue weighted by atomic mass is 16.5. The number of rotatable bonds is 2. The molecule has 6 nitrogen and oxygen atoms in total. The van der Waals surface area contributed by atoms with Crippen molar-refractivity contribution < 1.29 is 9.32 Å². The average molecular weight is 244 g/mol. The van der Waals surface area contributed by atoms with Gasteiger partial charge in [-0.15, -0.1) is 0 Å². The number of benzene rings is 1. The Morgan fingerprint density at radius 2 is 2.11 bits per heavy atom. The van der Waals surface area contributed by atoms with Gasteiger partial charge in [0.2, 0.25) is 17.6 Å². The Labute approximate surface area is 103 Å². The lowest BCUT2D eigenvalue weighted by atomic mass is 10.2. The fourth-order valence-corrected chi connectivity index (χ4v) is 1.82. The molecule has 1 aromatic heterocycles. The minimum absolute atomic E-state index is 0.0194. The lowest BCUT2D eigenvalue weighted by molar-refractivity contribution is -0.121. The van der Waals surface area contributed by atoms with Gasteiger partial charge >= 0.3 is 0 Å². The summed E-state index contributed by atoms with van der Waals surface area (Å²) in [6.07, 6.45) is 0. The van der Waals surface area contributed by atoms with Crippen LogP contribution in [0.25, 0.3) is 11.4 Å². The molecule has 6 heteroatoms. The van der Waals surface area contributed by atoms with Gasteiger partial charge in [-0.3, -0.25) is 10.1 Å². The first-order valence-electron chi connectivity index (χ1n) is 5.72. The molecule has 1 aliphatic rings. The van der Waals surface area contributed by atoms with Crippen molar-refractivity contribution in [1.29, 1.82) is 0 Å². The second-order valence-electron chi connectivity index (χ2n) is 4.06. The molecular weight excluding hydrogens is 232 g/mol. The van der Waals surface area contributed by atoms with Crippen molar-refractivity contribution in [3.05, 3.63) is 36.2 Å². The molecule has 1 fully saturated rings. The van der Waals surface area contributed by atoms with E-state index in [9.17, 15) is 4.79 Å². The van der Waals surface area contributed by atoms with Gasteiger partial charge in [-0.25, -0.2) is 0 Å². The molecule has 0 aliphatic carbocycles. The fraction of sp³-hybridized carbons (Fsp3) is 0.250. The maximum absolute atomic E-state index is 11.0. The van der Waals surface area contributed by atoms with Crippen molar-refractivity contribution >= 4 is 5.91 Å². The highest BCUT2D eigenvalue weighted by Gasteiger charge is 2.24. The molecule has 1 saturated heterocycles. The van der Waals surface area contributed by atoms with Gasteiger partial charge in [0.15, 0.2) is 0 Å². The van der Waals surface area contributed by atoms with E-state index in [0.717, 1.165) is 5.56 Å². The normalized spacial score (nSPS) is 19.6. The lowest BCUT2D eigenvalue weighted by Gasteiger charge is -2.20. The molecule has 2 aromatic rings. The van der Waals surface area contributed by atoms with Gasteiger partial charge in [0.25, 0.3) is 0 Å². The Hall–Kier alpha value is -2.21. The molecule has 18 heavy (non-hydrogen) atoms. The van der Waals surface area contributed by atoms with Crippen LogP contribution in [0.15, 0.2) is 34.9 Å². The third-order valence-electron chi connectivity index (χ3n) is 2.78. The van der Waals surface area contributed by atoms with Crippen molar-refractivity contribution in [1.82, 2.24) is 20.8 Å². The third-order valence-corrected chi connectivity index (χ3v) is 2.78. The summed E-state index contributed by atoms with van der Waals surface area (Å²) >= 11 is 0. The van der Waals surface area contributed by atoms with E-state index in [2.05, 4.69) is 20.8 Å². The van der Waals surface area contributed by atoms with Gasteiger partial charge in [0, 0.05) is 12.1 Å². The SMILES string of the molecule is O=C1CNC(c2nc(-c3ccccc3)no2)CN1. The Bertz CT molecular complexity index is 542. The summed E-state index contributed by atoms with van der Waals surface area (Å²) in [6, 6.07) is 9.50. The first-order chi connectivity index (χ1) is 8.83. The van der Waals surface area contributed by atoms with Crippen molar-refractivity contribution in [2.24, 2.45) is 0 Å². The molecule has 1 unspecified atom stereocenters. The molecule has 2 N–H and O–H groups in total. The van der Waals surface area contributed by atoms with E-state index in [-0.39, 0.29) is 18.5 Å². The van der Waals surface area contributed by atoms with Crippen LogP contribution >= 0.6 is 0 Å². The Balaban J connectivity index is 1.80. The number of hydrogen-bond acceptors (Lipinski definition) is 5. The van der Waals surface area contributed by atoms with Crippen LogP contribution in [0.4, 0.5) is 0 Å². The van der Waals surface area contributed by atoms with E-state index in [1.807, 2.05) is 30.3 Å². The van der Waals surface area contributed by atoms with E-state index in [4.69, 9.17) is 4.52 Å². The van der Waals surface area contributed by atoms with Crippen LogP contribution in [-0.4, -0.2) is 29.1 Å². The number of aromatic nitrogens is 2. The zero-order chi connectivity index (χ0) is 12.4. The topological polar surface area (TPSA) is 80.1 Å². The number of carbonyl (C=O) groups is 1. The number of hydrogen-bond donors (Lipinski definition) is 2. The maximum atomic E-state index is 11.0. The monoisotopic (exact) mass is 244 g/mol. The summed E-state index contributed by atoms with van der Waals surface area (Å²) in [5, 5.41) is 9.73. The number of nitrogens with one attached hydrogen (secondary N) is 2. The molecule has 0 bridgehead atoms. The van der Waals surface area contributed by atoms with Crippen molar-refractivity contribution in [2.45, 2.75) is 6.04 Å². The molecule has 3 rings (SSSR count). The van der Waals surface area contributed by atoms with Crippen molar-refractivity contribution in [3.63, 3.8) is 0 Å². The molecule has 92 valence electrons. The van der Waals surface area contributed by atoms with Crippen molar-refractivity contribution in [2.75, 3.05) is 13.1 Å². The average Bonchev–Trinajstić information content (AvgIpc) is 2.90. The third kappa shape index (κ3) is 2.10. The zero-order valence-corrected chi connectivity index (χ0v) is 9.59. The molecular formula is C12H12N4O2. The summed E-state index contributed by atoms with van der Waals surface area (Å²) in [7, 11) is 0. The van der Waals surface area contributed by atoms with E-state index >= 15 is 0 Å². The molecule has 1 aromatic carbocycles. The molecule has 1 aliphatic heterocycles. The van der Waals surface area contributed by atoms with Gasteiger partial charge in [-0.05, 0) is 0 Å². The number of carbonyl (C=O) groups excluding carboxylic acids is 1. The second kappa shape index (κ2) is 4.58. The van der Waals surface area contributed by atoms with Crippen LogP contribution in [0.5, 0.6) is 0 Å². The van der Waals surface area contributed by atoms with E-state index in [0.29, 0.717) is 18.3 Å². The predicted molar refractivity (Wildman–Crippen MR) is 63.5 cm³/mol. The van der Waals surface area contributed by atoms with Gasteiger partial charge < -0.3 is 9.84 Å². The maximum Gasteiger partial charge on any atom is 0.245 e. The van der Waals surface area contributed by atoms with E-state index in [1.54, 1.807) is 0 Å². The summed E-state index contributed by atoms with van der Waals surface area (Å²) in [5.74, 6) is 1.03. The highest BCUT2D eigenvalue weighted by molar-refractivity contribution is 5.78. The van der Waals surface area contributed by atoms with Gasteiger partial charge in [0.1, 0.15) is 6.04 Å². The van der Waals surface area contributed by atoms with Crippen LogP contribution < -0.4 is 10.6 Å². The second-order valence-corrected chi connectivity index (χ2v) is 4.06. The number of amides is 1.